The summed E-state index contributed by atoms with van der Waals surface area (Å²) in [5, 5.41) is 7.31. The van der Waals surface area contributed by atoms with Crippen molar-refractivity contribution in [3.05, 3.63) is 0 Å². The summed E-state index contributed by atoms with van der Waals surface area (Å²) < 4.78 is 0. The molecule has 0 aromatic heterocycles. The molecule has 2 unspecified atom stereocenters. The maximum absolute atomic E-state index is 5.04. The van der Waals surface area contributed by atoms with Crippen LogP contribution in [0.15, 0.2) is 0 Å². The van der Waals surface area contributed by atoms with Gasteiger partial charge in [-0.1, -0.05) is 48.9 Å². The van der Waals surface area contributed by atoms with Gasteiger partial charge < -0.3 is 0 Å². The summed E-state index contributed by atoms with van der Waals surface area (Å²) in [4.78, 5) is 0. The predicted octanol–water partition coefficient (Wildman–Crippen LogP) is 3.24. The fraction of sp³-hybridized carbons (Fsp3) is 0.600. The minimum atomic E-state index is 0.339. The van der Waals surface area contributed by atoms with Gasteiger partial charge in [0.15, 0.2) is 0 Å². The standard InChI is InChI=1S/C10H12S4/c11-3-7-1-8(4-12)10(6-14)9(2-7)5-13/h3-10H,1-2H2. The average Bonchev–Trinajstić information content (AvgIpc) is 2.26. The van der Waals surface area contributed by atoms with Gasteiger partial charge in [-0.2, -0.15) is 0 Å². The Bertz CT molecular complexity index is 231. The highest BCUT2D eigenvalue weighted by Gasteiger charge is 2.33. The topological polar surface area (TPSA) is 0 Å². The molecule has 1 saturated carbocycles. The van der Waals surface area contributed by atoms with E-state index in [0.717, 1.165) is 12.8 Å². The molecule has 76 valence electrons. The van der Waals surface area contributed by atoms with E-state index in [9.17, 15) is 0 Å². The van der Waals surface area contributed by atoms with E-state index in [2.05, 4.69) is 0 Å². The van der Waals surface area contributed by atoms with Gasteiger partial charge in [-0.15, -0.1) is 0 Å². The maximum Gasteiger partial charge on any atom is 0.00141 e. The van der Waals surface area contributed by atoms with Crippen LogP contribution in [0.1, 0.15) is 12.8 Å². The Morgan fingerprint density at radius 3 is 1.50 bits per heavy atom. The average molecular weight is 260 g/mol. The minimum absolute atomic E-state index is 0.339. The van der Waals surface area contributed by atoms with E-state index >= 15 is 0 Å². The number of hydrogen-bond acceptors (Lipinski definition) is 4. The van der Waals surface area contributed by atoms with Gasteiger partial charge in [-0.3, -0.25) is 0 Å². The highest BCUT2D eigenvalue weighted by molar-refractivity contribution is 7.79. The van der Waals surface area contributed by atoms with Crippen molar-refractivity contribution in [1.29, 1.82) is 0 Å². The zero-order chi connectivity index (χ0) is 10.6. The minimum Gasteiger partial charge on any atom is -0.0932 e. The van der Waals surface area contributed by atoms with Crippen molar-refractivity contribution in [2.75, 3.05) is 0 Å². The van der Waals surface area contributed by atoms with E-state index in [1.165, 1.54) is 0 Å². The Morgan fingerprint density at radius 2 is 1.21 bits per heavy atom. The van der Waals surface area contributed by atoms with Crippen LogP contribution in [-0.4, -0.2) is 21.5 Å². The Morgan fingerprint density at radius 1 is 0.714 bits per heavy atom. The fourth-order valence-corrected chi connectivity index (χ4v) is 3.24. The molecule has 2 atom stereocenters. The van der Waals surface area contributed by atoms with Gasteiger partial charge in [0.05, 0.1) is 0 Å². The van der Waals surface area contributed by atoms with Gasteiger partial charge >= 0.3 is 0 Å². The van der Waals surface area contributed by atoms with Crippen molar-refractivity contribution in [2.45, 2.75) is 12.8 Å². The summed E-state index contributed by atoms with van der Waals surface area (Å²) in [6.07, 6.45) is 2.06. The van der Waals surface area contributed by atoms with Crippen molar-refractivity contribution in [3.63, 3.8) is 0 Å². The molecule has 0 radical (unpaired) electrons. The van der Waals surface area contributed by atoms with Crippen molar-refractivity contribution < 1.29 is 0 Å². The van der Waals surface area contributed by atoms with Gasteiger partial charge in [-0.25, -0.2) is 0 Å². The van der Waals surface area contributed by atoms with Gasteiger partial charge in [0.25, 0.3) is 0 Å². The van der Waals surface area contributed by atoms with E-state index in [1.54, 1.807) is 0 Å². The van der Waals surface area contributed by atoms with Crippen LogP contribution < -0.4 is 0 Å². The summed E-state index contributed by atoms with van der Waals surface area (Å²) in [7, 11) is 0. The Kier molecular flexibility index (Phi) is 5.38. The third-order valence-corrected chi connectivity index (χ3v) is 4.24. The van der Waals surface area contributed by atoms with Gasteiger partial charge in [0.1, 0.15) is 0 Å². The molecule has 0 aromatic carbocycles. The van der Waals surface area contributed by atoms with E-state index < -0.39 is 0 Å². The lowest BCUT2D eigenvalue weighted by atomic mass is 9.70. The molecule has 1 aliphatic carbocycles. The molecule has 0 aliphatic heterocycles. The smallest absolute Gasteiger partial charge is 0.00141 e. The maximum atomic E-state index is 5.04. The molecule has 0 spiro atoms. The summed E-state index contributed by atoms with van der Waals surface area (Å²) in [5.41, 5.74) is 0. The zero-order valence-corrected chi connectivity index (χ0v) is 10.9. The van der Waals surface area contributed by atoms with Crippen LogP contribution in [0, 0.1) is 23.7 Å². The quantitative estimate of drug-likeness (QED) is 0.711. The summed E-state index contributed by atoms with van der Waals surface area (Å²) >= 11 is 20.1. The molecule has 0 nitrogen and oxygen atoms in total. The van der Waals surface area contributed by atoms with Crippen molar-refractivity contribution in [1.82, 2.24) is 0 Å². The molecule has 1 rings (SSSR count). The first-order valence-corrected chi connectivity index (χ1v) is 6.46. The SMILES string of the molecule is S=CC1CC(C=S)C(C=S)C(C=S)C1. The lowest BCUT2D eigenvalue weighted by Gasteiger charge is -2.35. The number of thiocarbonyl (C=S) groups is 4. The molecular weight excluding hydrogens is 248 g/mol. The third kappa shape index (κ3) is 2.69. The summed E-state index contributed by atoms with van der Waals surface area (Å²) in [5.74, 6) is 1.53. The van der Waals surface area contributed by atoms with Crippen molar-refractivity contribution in [3.8, 4) is 0 Å². The molecule has 0 amide bonds. The van der Waals surface area contributed by atoms with Crippen LogP contribution in [-0.2, 0) is 0 Å². The van der Waals surface area contributed by atoms with E-state index in [4.69, 9.17) is 48.9 Å². The first-order chi connectivity index (χ1) is 6.76. The van der Waals surface area contributed by atoms with Crippen LogP contribution in [0.2, 0.25) is 0 Å². The fourth-order valence-electron chi connectivity index (χ4n) is 2.03. The normalized spacial score (nSPS) is 37.1. The molecule has 1 aliphatic rings. The molecule has 0 heterocycles. The first kappa shape index (κ1) is 12.4. The Hall–Kier alpha value is 0.360. The second-order valence-corrected chi connectivity index (χ2v) is 4.77. The molecule has 0 aromatic rings. The highest BCUT2D eigenvalue weighted by Crippen LogP contribution is 2.35. The van der Waals surface area contributed by atoms with E-state index in [0.29, 0.717) is 23.7 Å². The highest BCUT2D eigenvalue weighted by atomic mass is 32.1. The van der Waals surface area contributed by atoms with E-state index in [1.807, 2.05) is 21.5 Å². The largest absolute Gasteiger partial charge is 0.0932 e. The lowest BCUT2D eigenvalue weighted by molar-refractivity contribution is 0.306. The number of hydrogen-bond donors (Lipinski definition) is 0. The van der Waals surface area contributed by atoms with Gasteiger partial charge in [0, 0.05) is 5.92 Å². The van der Waals surface area contributed by atoms with Crippen molar-refractivity contribution in [2.24, 2.45) is 23.7 Å². The molecule has 0 N–H and O–H groups in total. The first-order valence-electron chi connectivity index (χ1n) is 4.58. The second-order valence-electron chi connectivity index (χ2n) is 3.68. The molecule has 4 heteroatoms. The molecule has 1 fully saturated rings. The molecule has 0 bridgehead atoms. The van der Waals surface area contributed by atoms with Crippen molar-refractivity contribution >= 4 is 70.3 Å². The summed E-state index contributed by atoms with van der Waals surface area (Å²) in [6, 6.07) is 0. The van der Waals surface area contributed by atoms with Crippen LogP contribution in [0.3, 0.4) is 0 Å². The van der Waals surface area contributed by atoms with Gasteiger partial charge in [-0.05, 0) is 52.1 Å². The number of rotatable bonds is 4. The second kappa shape index (κ2) is 6.05. The third-order valence-electron chi connectivity index (χ3n) is 2.84. The monoisotopic (exact) mass is 260 g/mol. The van der Waals surface area contributed by atoms with Crippen LogP contribution in [0.25, 0.3) is 0 Å². The molecule has 0 saturated heterocycles. The van der Waals surface area contributed by atoms with Crippen LogP contribution in [0.5, 0.6) is 0 Å². The predicted molar refractivity (Wildman–Crippen MR) is 77.8 cm³/mol. The zero-order valence-electron chi connectivity index (χ0n) is 7.67. The van der Waals surface area contributed by atoms with Gasteiger partial charge in [0.2, 0.25) is 0 Å². The van der Waals surface area contributed by atoms with E-state index in [-0.39, 0.29) is 0 Å². The Labute approximate surface area is 106 Å². The summed E-state index contributed by atoms with van der Waals surface area (Å²) in [6.45, 7) is 0. The Balaban J connectivity index is 2.82. The molecular formula is C10H12S4. The van der Waals surface area contributed by atoms with Crippen LogP contribution >= 0.6 is 48.9 Å². The lowest BCUT2D eigenvalue weighted by Crippen LogP contribution is -2.34. The molecule has 14 heavy (non-hydrogen) atoms. The van der Waals surface area contributed by atoms with Crippen LogP contribution in [0.4, 0.5) is 0 Å².